The quantitative estimate of drug-likeness (QED) is 0.633. The maximum Gasteiger partial charge on any atom is 0.166 e. The smallest absolute Gasteiger partial charge is 0.166 e. The fourth-order valence-electron chi connectivity index (χ4n) is 2.09. The summed E-state index contributed by atoms with van der Waals surface area (Å²) in [6.07, 6.45) is 1.52. The molecule has 0 saturated carbocycles. The van der Waals surface area contributed by atoms with E-state index in [4.69, 9.17) is 22.4 Å². The third-order valence-corrected chi connectivity index (χ3v) is 3.52. The molecular formula is C17H13ClFN3O. The second-order valence-electron chi connectivity index (χ2n) is 4.94. The highest BCUT2D eigenvalue weighted by molar-refractivity contribution is 6.31. The van der Waals surface area contributed by atoms with Crippen molar-refractivity contribution in [3.05, 3.63) is 71.3 Å². The molecule has 1 heterocycles. The average molecular weight is 330 g/mol. The van der Waals surface area contributed by atoms with Crippen LogP contribution in [0, 0.1) is 5.82 Å². The van der Waals surface area contributed by atoms with Gasteiger partial charge in [0, 0.05) is 28.4 Å². The highest BCUT2D eigenvalue weighted by atomic mass is 35.5. The normalized spacial score (nSPS) is 11.7. The second kappa shape index (κ2) is 6.14. The van der Waals surface area contributed by atoms with Gasteiger partial charge in [-0.25, -0.2) is 9.37 Å². The molecule has 0 aliphatic rings. The number of benzene rings is 2. The molecular weight excluding hydrogens is 317 g/mol. The van der Waals surface area contributed by atoms with Crippen LogP contribution in [0.15, 0.2) is 54.7 Å². The lowest BCUT2D eigenvalue weighted by Gasteiger charge is -2.06. The van der Waals surface area contributed by atoms with Gasteiger partial charge in [-0.2, -0.15) is 0 Å². The minimum atomic E-state index is -0.706. The van der Waals surface area contributed by atoms with Gasteiger partial charge in [-0.05, 0) is 36.4 Å². The van der Waals surface area contributed by atoms with Gasteiger partial charge in [0.25, 0.3) is 0 Å². The number of halogens is 2. The third-order valence-electron chi connectivity index (χ3n) is 3.29. The number of hydrogen-bond donors (Lipinski definition) is 3. The second-order valence-corrected chi connectivity index (χ2v) is 5.38. The number of aromatic hydroxyl groups is 1. The monoisotopic (exact) mass is 329 g/mol. The number of rotatable bonds is 3. The predicted molar refractivity (Wildman–Crippen MR) is 90.6 cm³/mol. The Balaban J connectivity index is 1.85. The van der Waals surface area contributed by atoms with Crippen LogP contribution in [0.2, 0.25) is 5.02 Å². The Hall–Kier alpha value is -2.79. The van der Waals surface area contributed by atoms with E-state index in [2.05, 4.69) is 10.3 Å². The summed E-state index contributed by atoms with van der Waals surface area (Å²) < 4.78 is 13.3. The van der Waals surface area contributed by atoms with Crippen molar-refractivity contribution in [3.63, 3.8) is 0 Å². The van der Waals surface area contributed by atoms with E-state index in [0.29, 0.717) is 22.1 Å². The Bertz CT molecular complexity index is 911. The van der Waals surface area contributed by atoms with Crippen molar-refractivity contribution < 1.29 is 9.50 Å². The first-order chi connectivity index (χ1) is 11.0. The van der Waals surface area contributed by atoms with Gasteiger partial charge < -0.3 is 16.2 Å². The minimum Gasteiger partial charge on any atom is -0.505 e. The van der Waals surface area contributed by atoms with E-state index < -0.39 is 11.6 Å². The summed E-state index contributed by atoms with van der Waals surface area (Å²) in [6, 6.07) is 13.0. The average Bonchev–Trinajstić information content (AvgIpc) is 2.55. The van der Waals surface area contributed by atoms with Crippen LogP contribution in [-0.4, -0.2) is 10.1 Å². The number of phenolic OH excluding ortho intramolecular Hbond substituents is 1. The van der Waals surface area contributed by atoms with Crippen LogP contribution < -0.4 is 11.1 Å². The van der Waals surface area contributed by atoms with Gasteiger partial charge in [-0.3, -0.25) is 0 Å². The molecule has 0 amide bonds. The number of phenols is 1. The molecule has 116 valence electrons. The fourth-order valence-corrected chi connectivity index (χ4v) is 2.27. The number of pyridine rings is 1. The van der Waals surface area contributed by atoms with E-state index in [1.54, 1.807) is 12.1 Å². The van der Waals surface area contributed by atoms with Crippen LogP contribution in [0.3, 0.4) is 0 Å². The SMILES string of the molecule is N/C(=C\Nc1ccc(O)c(F)c1)c1ccc2cc(Cl)ccc2n1. The highest BCUT2D eigenvalue weighted by Crippen LogP contribution is 2.21. The van der Waals surface area contributed by atoms with Gasteiger partial charge in [0.05, 0.1) is 16.9 Å². The summed E-state index contributed by atoms with van der Waals surface area (Å²) >= 11 is 5.94. The van der Waals surface area contributed by atoms with Crippen molar-refractivity contribution in [1.82, 2.24) is 4.98 Å². The van der Waals surface area contributed by atoms with E-state index in [1.807, 2.05) is 18.2 Å². The predicted octanol–water partition coefficient (Wildman–Crippen LogP) is 4.10. The van der Waals surface area contributed by atoms with E-state index in [-0.39, 0.29) is 0 Å². The topological polar surface area (TPSA) is 71.2 Å². The zero-order valence-corrected chi connectivity index (χ0v) is 12.7. The molecule has 1 aromatic heterocycles. The Morgan fingerprint density at radius 3 is 2.78 bits per heavy atom. The van der Waals surface area contributed by atoms with Crippen molar-refractivity contribution in [2.24, 2.45) is 5.73 Å². The van der Waals surface area contributed by atoms with Gasteiger partial charge in [-0.15, -0.1) is 0 Å². The summed E-state index contributed by atoms with van der Waals surface area (Å²) in [5.41, 5.74) is 8.23. The standard InChI is InChI=1S/C17H13ClFN3O/c18-11-2-5-15-10(7-11)1-4-16(22-15)14(20)9-21-12-3-6-17(23)13(19)8-12/h1-9,21,23H,20H2/b14-9-. The van der Waals surface area contributed by atoms with Crippen molar-refractivity contribution in [2.75, 3.05) is 5.32 Å². The van der Waals surface area contributed by atoms with Gasteiger partial charge in [0.1, 0.15) is 0 Å². The summed E-state index contributed by atoms with van der Waals surface area (Å²) in [5.74, 6) is -1.11. The maximum absolute atomic E-state index is 13.3. The van der Waals surface area contributed by atoms with E-state index in [1.165, 1.54) is 24.4 Å². The van der Waals surface area contributed by atoms with Crippen molar-refractivity contribution in [2.45, 2.75) is 0 Å². The molecule has 0 fully saturated rings. The molecule has 2 aromatic carbocycles. The zero-order chi connectivity index (χ0) is 16.4. The highest BCUT2D eigenvalue weighted by Gasteiger charge is 2.03. The molecule has 0 bridgehead atoms. The summed E-state index contributed by atoms with van der Waals surface area (Å²) in [5, 5.41) is 13.6. The zero-order valence-electron chi connectivity index (χ0n) is 11.9. The molecule has 0 unspecified atom stereocenters. The number of nitrogens with two attached hydrogens (primary N) is 1. The molecule has 0 aliphatic carbocycles. The van der Waals surface area contributed by atoms with Gasteiger partial charge in [0.2, 0.25) is 0 Å². The lowest BCUT2D eigenvalue weighted by Crippen LogP contribution is -2.02. The van der Waals surface area contributed by atoms with Crippen molar-refractivity contribution in [1.29, 1.82) is 0 Å². The number of anilines is 1. The lowest BCUT2D eigenvalue weighted by atomic mass is 10.2. The molecule has 0 aliphatic heterocycles. The molecule has 0 saturated heterocycles. The molecule has 3 aromatic rings. The molecule has 0 atom stereocenters. The molecule has 23 heavy (non-hydrogen) atoms. The van der Waals surface area contributed by atoms with Crippen LogP contribution in [-0.2, 0) is 0 Å². The first-order valence-electron chi connectivity index (χ1n) is 6.80. The largest absolute Gasteiger partial charge is 0.505 e. The van der Waals surface area contributed by atoms with Crippen LogP contribution >= 0.6 is 11.6 Å². The fraction of sp³-hybridized carbons (Fsp3) is 0. The van der Waals surface area contributed by atoms with Gasteiger partial charge in [-0.1, -0.05) is 17.7 Å². The maximum atomic E-state index is 13.3. The molecule has 4 nitrogen and oxygen atoms in total. The first kappa shape index (κ1) is 15.1. The minimum absolute atomic E-state index is 0.398. The van der Waals surface area contributed by atoms with Crippen LogP contribution in [0.25, 0.3) is 16.6 Å². The Kier molecular flexibility index (Phi) is 4.04. The molecule has 6 heteroatoms. The number of fused-ring (bicyclic) bond motifs is 1. The summed E-state index contributed by atoms with van der Waals surface area (Å²) in [6.45, 7) is 0. The number of aromatic nitrogens is 1. The number of nitrogens with zero attached hydrogens (tertiary/aromatic N) is 1. The van der Waals surface area contributed by atoms with E-state index >= 15 is 0 Å². The van der Waals surface area contributed by atoms with Crippen molar-refractivity contribution in [3.8, 4) is 5.75 Å². The summed E-state index contributed by atoms with van der Waals surface area (Å²) in [7, 11) is 0. The summed E-state index contributed by atoms with van der Waals surface area (Å²) in [4.78, 5) is 4.45. The van der Waals surface area contributed by atoms with Crippen LogP contribution in [0.1, 0.15) is 5.69 Å². The molecule has 0 spiro atoms. The van der Waals surface area contributed by atoms with Crippen LogP contribution in [0.5, 0.6) is 5.75 Å². The van der Waals surface area contributed by atoms with Gasteiger partial charge in [0.15, 0.2) is 11.6 Å². The first-order valence-corrected chi connectivity index (χ1v) is 7.18. The lowest BCUT2D eigenvalue weighted by molar-refractivity contribution is 0.432. The number of hydrogen-bond acceptors (Lipinski definition) is 4. The van der Waals surface area contributed by atoms with Crippen LogP contribution in [0.4, 0.5) is 10.1 Å². The van der Waals surface area contributed by atoms with E-state index in [0.717, 1.165) is 10.9 Å². The van der Waals surface area contributed by atoms with Gasteiger partial charge >= 0.3 is 0 Å². The molecule has 3 rings (SSSR count). The Morgan fingerprint density at radius 1 is 1.17 bits per heavy atom. The Morgan fingerprint density at radius 2 is 2.00 bits per heavy atom. The molecule has 4 N–H and O–H groups in total. The van der Waals surface area contributed by atoms with E-state index in [9.17, 15) is 4.39 Å². The number of nitrogens with one attached hydrogen (secondary N) is 1. The molecule has 0 radical (unpaired) electrons. The van der Waals surface area contributed by atoms with Crippen molar-refractivity contribution >= 4 is 33.9 Å². The Labute approximate surface area is 137 Å². The third kappa shape index (κ3) is 3.35.